The van der Waals surface area contributed by atoms with Gasteiger partial charge in [0, 0.05) is 5.56 Å². The smallest absolute Gasteiger partial charge is 0.177 e. The summed E-state index contributed by atoms with van der Waals surface area (Å²) in [5.41, 5.74) is 7.13. The molecule has 0 aliphatic carbocycles. The molecule has 0 amide bonds. The first kappa shape index (κ1) is 21.7. The molecular formula is C32H24N4. The van der Waals surface area contributed by atoms with Crippen molar-refractivity contribution in [2.24, 2.45) is 0 Å². The van der Waals surface area contributed by atoms with E-state index in [1.54, 1.807) is 0 Å². The average molecular weight is 465 g/mol. The monoisotopic (exact) mass is 464 g/mol. The molecule has 6 rings (SSSR count). The number of nitrogens with one attached hydrogen (secondary N) is 1. The zero-order chi connectivity index (χ0) is 24.2. The first-order valence-corrected chi connectivity index (χ1v) is 12.0. The minimum Gasteiger partial charge on any atom is -0.177 e. The number of aromatic amines is 1. The van der Waals surface area contributed by atoms with Crippen LogP contribution in [0.25, 0.3) is 22.5 Å². The first-order valence-electron chi connectivity index (χ1n) is 12.0. The van der Waals surface area contributed by atoms with Crippen molar-refractivity contribution < 1.29 is 0 Å². The number of aromatic nitrogens is 4. The minimum atomic E-state index is -0.647. The van der Waals surface area contributed by atoms with Crippen molar-refractivity contribution in [3.05, 3.63) is 162 Å². The summed E-state index contributed by atoms with van der Waals surface area (Å²) in [6.07, 6.45) is 0. The fourth-order valence-corrected chi connectivity index (χ4v) is 5.27. The highest BCUT2D eigenvalue weighted by atomic mass is 15.5. The van der Waals surface area contributed by atoms with Crippen molar-refractivity contribution in [2.45, 2.75) is 5.41 Å². The Morgan fingerprint density at radius 3 is 1.42 bits per heavy atom. The second-order valence-corrected chi connectivity index (χ2v) is 8.68. The normalized spacial score (nSPS) is 11.3. The summed E-state index contributed by atoms with van der Waals surface area (Å²) in [4.78, 5) is 0. The Morgan fingerprint density at radius 1 is 0.472 bits per heavy atom. The van der Waals surface area contributed by atoms with Crippen LogP contribution in [0.4, 0.5) is 0 Å². The Labute approximate surface area is 210 Å². The topological polar surface area (TPSA) is 54.5 Å². The zero-order valence-corrected chi connectivity index (χ0v) is 19.6. The Bertz CT molecular complexity index is 1450. The van der Waals surface area contributed by atoms with Crippen molar-refractivity contribution in [1.29, 1.82) is 0 Å². The highest BCUT2D eigenvalue weighted by Gasteiger charge is 2.42. The lowest BCUT2D eigenvalue weighted by molar-refractivity contribution is 0.748. The van der Waals surface area contributed by atoms with Gasteiger partial charge in [-0.05, 0) is 38.6 Å². The predicted octanol–water partition coefficient (Wildman–Crippen LogP) is 6.92. The van der Waals surface area contributed by atoms with Crippen molar-refractivity contribution in [3.63, 3.8) is 0 Å². The quantitative estimate of drug-likeness (QED) is 0.272. The van der Waals surface area contributed by atoms with Crippen LogP contribution in [0.1, 0.15) is 22.3 Å². The lowest BCUT2D eigenvalue weighted by atomic mass is 9.62. The van der Waals surface area contributed by atoms with Crippen LogP contribution in [0.3, 0.4) is 0 Å². The molecule has 1 heterocycles. The van der Waals surface area contributed by atoms with Gasteiger partial charge in [-0.3, -0.25) is 0 Å². The Balaban J connectivity index is 1.85. The molecular weight excluding hydrogens is 440 g/mol. The number of H-pyrrole nitrogens is 1. The van der Waals surface area contributed by atoms with E-state index in [2.05, 4.69) is 154 Å². The summed E-state index contributed by atoms with van der Waals surface area (Å²) in [6, 6.07) is 49.0. The van der Waals surface area contributed by atoms with Crippen LogP contribution >= 0.6 is 0 Å². The molecule has 1 N–H and O–H groups in total. The summed E-state index contributed by atoms with van der Waals surface area (Å²) in [5, 5.41) is 15.4. The van der Waals surface area contributed by atoms with Crippen LogP contribution in [0.15, 0.2) is 140 Å². The minimum absolute atomic E-state index is 0.565. The number of benzene rings is 5. The Morgan fingerprint density at radius 2 is 0.944 bits per heavy atom. The van der Waals surface area contributed by atoms with E-state index in [0.717, 1.165) is 38.9 Å². The van der Waals surface area contributed by atoms with E-state index in [4.69, 9.17) is 0 Å². The van der Waals surface area contributed by atoms with Gasteiger partial charge >= 0.3 is 0 Å². The zero-order valence-electron chi connectivity index (χ0n) is 19.6. The SMILES string of the molecule is c1ccc(-c2cccc(-c3nn[nH]n3)c2C(c2ccccc2)(c2ccccc2)c2ccccc2)cc1. The number of nitrogens with zero attached hydrogens (tertiary/aromatic N) is 3. The summed E-state index contributed by atoms with van der Waals surface area (Å²) in [7, 11) is 0. The van der Waals surface area contributed by atoms with Gasteiger partial charge in [0.1, 0.15) is 0 Å². The van der Waals surface area contributed by atoms with Gasteiger partial charge in [0.2, 0.25) is 5.82 Å². The van der Waals surface area contributed by atoms with Crippen LogP contribution < -0.4 is 0 Å². The lowest BCUT2D eigenvalue weighted by Crippen LogP contribution is -2.32. The molecule has 4 heteroatoms. The molecule has 36 heavy (non-hydrogen) atoms. The number of rotatable bonds is 6. The van der Waals surface area contributed by atoms with Gasteiger partial charge in [-0.1, -0.05) is 140 Å². The standard InChI is InChI=1S/C32H24N4/c1-5-14-24(15-6-1)28-22-13-23-29(31-33-35-36-34-31)30(28)32(25-16-7-2-8-17-25,26-18-9-3-10-19-26)27-20-11-4-12-21-27/h1-23H,(H,33,34,35,36). The number of tetrazole rings is 1. The third kappa shape index (κ3) is 3.60. The van der Waals surface area contributed by atoms with E-state index < -0.39 is 5.41 Å². The maximum absolute atomic E-state index is 4.43. The van der Waals surface area contributed by atoms with Gasteiger partial charge in [-0.2, -0.15) is 5.21 Å². The lowest BCUT2D eigenvalue weighted by Gasteiger charge is -2.39. The highest BCUT2D eigenvalue weighted by Crippen LogP contribution is 2.51. The Hall–Kier alpha value is -4.83. The third-order valence-corrected chi connectivity index (χ3v) is 6.73. The molecule has 4 nitrogen and oxygen atoms in total. The van der Waals surface area contributed by atoms with Gasteiger partial charge in [0.15, 0.2) is 0 Å². The molecule has 5 aromatic carbocycles. The van der Waals surface area contributed by atoms with Gasteiger partial charge in [0.05, 0.1) is 5.41 Å². The maximum atomic E-state index is 4.43. The molecule has 0 atom stereocenters. The predicted molar refractivity (Wildman–Crippen MR) is 143 cm³/mol. The van der Waals surface area contributed by atoms with Crippen LogP contribution in [0, 0.1) is 0 Å². The van der Waals surface area contributed by atoms with E-state index in [-0.39, 0.29) is 0 Å². The molecule has 0 spiro atoms. The van der Waals surface area contributed by atoms with Gasteiger partial charge in [-0.15, -0.1) is 10.2 Å². The fourth-order valence-electron chi connectivity index (χ4n) is 5.27. The first-order chi connectivity index (χ1) is 17.9. The molecule has 6 aromatic rings. The molecule has 0 unspecified atom stereocenters. The van der Waals surface area contributed by atoms with Crippen LogP contribution in [-0.2, 0) is 5.41 Å². The van der Waals surface area contributed by atoms with E-state index in [1.165, 1.54) is 0 Å². The third-order valence-electron chi connectivity index (χ3n) is 6.73. The van der Waals surface area contributed by atoms with Gasteiger partial charge in [0.25, 0.3) is 0 Å². The summed E-state index contributed by atoms with van der Waals surface area (Å²) < 4.78 is 0. The van der Waals surface area contributed by atoms with Gasteiger partial charge < -0.3 is 0 Å². The van der Waals surface area contributed by atoms with E-state index in [9.17, 15) is 0 Å². The van der Waals surface area contributed by atoms with Crippen molar-refractivity contribution >= 4 is 0 Å². The maximum Gasteiger partial charge on any atom is 0.205 e. The molecule has 0 aliphatic heterocycles. The Kier molecular flexibility index (Phi) is 5.68. The second-order valence-electron chi connectivity index (χ2n) is 8.68. The molecule has 0 saturated carbocycles. The van der Waals surface area contributed by atoms with Crippen LogP contribution in [0.2, 0.25) is 0 Å². The molecule has 0 aliphatic rings. The molecule has 0 radical (unpaired) electrons. The van der Waals surface area contributed by atoms with Crippen molar-refractivity contribution in [1.82, 2.24) is 20.6 Å². The molecule has 0 bridgehead atoms. The number of hydrogen-bond acceptors (Lipinski definition) is 3. The fraction of sp³-hybridized carbons (Fsp3) is 0.0312. The second kappa shape index (κ2) is 9.43. The van der Waals surface area contributed by atoms with E-state index >= 15 is 0 Å². The van der Waals surface area contributed by atoms with E-state index in [0.29, 0.717) is 5.82 Å². The van der Waals surface area contributed by atoms with Gasteiger partial charge in [-0.25, -0.2) is 0 Å². The molecule has 172 valence electrons. The largest absolute Gasteiger partial charge is 0.205 e. The summed E-state index contributed by atoms with van der Waals surface area (Å²) in [5.74, 6) is 0.565. The van der Waals surface area contributed by atoms with E-state index in [1.807, 2.05) is 6.07 Å². The average Bonchev–Trinajstić information content (AvgIpc) is 3.51. The number of hydrogen-bond donors (Lipinski definition) is 1. The van der Waals surface area contributed by atoms with Crippen molar-refractivity contribution in [2.75, 3.05) is 0 Å². The molecule has 0 saturated heterocycles. The molecule has 0 fully saturated rings. The highest BCUT2D eigenvalue weighted by molar-refractivity contribution is 5.82. The van der Waals surface area contributed by atoms with Crippen molar-refractivity contribution in [3.8, 4) is 22.5 Å². The summed E-state index contributed by atoms with van der Waals surface area (Å²) >= 11 is 0. The molecule has 1 aromatic heterocycles. The van der Waals surface area contributed by atoms with Crippen LogP contribution in [0.5, 0.6) is 0 Å². The van der Waals surface area contributed by atoms with Crippen LogP contribution in [-0.4, -0.2) is 20.6 Å². The summed E-state index contributed by atoms with van der Waals surface area (Å²) in [6.45, 7) is 0.